The van der Waals surface area contributed by atoms with Gasteiger partial charge in [-0.2, -0.15) is 0 Å². The van der Waals surface area contributed by atoms with Gasteiger partial charge < -0.3 is 20.8 Å². The zero-order valence-electron chi connectivity index (χ0n) is 22.9. The summed E-state index contributed by atoms with van der Waals surface area (Å²) in [7, 11) is 0. The van der Waals surface area contributed by atoms with Gasteiger partial charge in [-0.05, 0) is 68.4 Å². The number of fused-ring (bicyclic) bond motifs is 3. The van der Waals surface area contributed by atoms with Crippen molar-refractivity contribution in [3.8, 4) is 0 Å². The Hall–Kier alpha value is -2.44. The van der Waals surface area contributed by atoms with Crippen LogP contribution in [-0.4, -0.2) is 70.7 Å². The number of aromatic nitrogens is 1. The smallest absolute Gasteiger partial charge is 0.238 e. The summed E-state index contributed by atoms with van der Waals surface area (Å²) in [4.78, 5) is 32.1. The van der Waals surface area contributed by atoms with Crippen LogP contribution in [0.3, 0.4) is 0 Å². The van der Waals surface area contributed by atoms with Gasteiger partial charge in [0.05, 0.1) is 38.1 Å². The van der Waals surface area contributed by atoms with E-state index in [2.05, 4.69) is 20.9 Å². The Morgan fingerprint density at radius 1 is 1.21 bits per heavy atom. The number of aliphatic hydroxyl groups excluding tert-OH is 2. The molecule has 5 N–H and O–H groups in total. The Morgan fingerprint density at radius 3 is 2.57 bits per heavy atom. The molecule has 13 heteroatoms. The van der Waals surface area contributed by atoms with Crippen LogP contribution < -0.4 is 16.0 Å². The fraction of sp³-hybridized carbons (Fsp3) is 0.552. The SMILES string of the molecule is C[C@@H](O)CCC[C@H](CO)NC(=O)[C@@H]1NC2(CC(CF)(CF)C2)[C@@]2(C(=O)Nc3cc(Cl)ccc32)[C@H]1c1ccnc(Cl)c1F. The monoisotopic (exact) mass is 628 g/mol. The van der Waals surface area contributed by atoms with Crippen molar-refractivity contribution in [3.63, 3.8) is 0 Å². The number of alkyl halides is 2. The van der Waals surface area contributed by atoms with Crippen molar-refractivity contribution in [1.82, 2.24) is 15.6 Å². The van der Waals surface area contributed by atoms with Crippen LogP contribution in [0.4, 0.5) is 18.9 Å². The van der Waals surface area contributed by atoms with E-state index in [-0.39, 0.29) is 18.4 Å². The quantitative estimate of drug-likeness (QED) is 0.254. The Balaban J connectivity index is 1.66. The molecule has 1 aromatic carbocycles. The number of benzene rings is 1. The summed E-state index contributed by atoms with van der Waals surface area (Å²) in [5.74, 6) is -3.35. The predicted octanol–water partition coefficient (Wildman–Crippen LogP) is 3.96. The molecule has 5 rings (SSSR count). The van der Waals surface area contributed by atoms with Gasteiger partial charge in [0, 0.05) is 33.8 Å². The molecule has 2 fully saturated rings. The molecule has 3 aliphatic rings. The van der Waals surface area contributed by atoms with E-state index >= 15 is 4.39 Å². The van der Waals surface area contributed by atoms with Gasteiger partial charge in [-0.3, -0.25) is 23.7 Å². The molecule has 2 amide bonds. The zero-order chi connectivity index (χ0) is 30.4. The number of halogens is 5. The van der Waals surface area contributed by atoms with Crippen molar-refractivity contribution in [1.29, 1.82) is 0 Å². The second kappa shape index (κ2) is 11.6. The van der Waals surface area contributed by atoms with Crippen LogP contribution in [0.2, 0.25) is 10.2 Å². The highest BCUT2D eigenvalue weighted by atomic mass is 35.5. The number of anilines is 1. The molecular weight excluding hydrogens is 596 g/mol. The summed E-state index contributed by atoms with van der Waals surface area (Å²) in [5, 5.41) is 28.4. The van der Waals surface area contributed by atoms with Gasteiger partial charge in [-0.25, -0.2) is 9.37 Å². The summed E-state index contributed by atoms with van der Waals surface area (Å²) < 4.78 is 44.3. The highest BCUT2D eigenvalue weighted by Gasteiger charge is 2.78. The van der Waals surface area contributed by atoms with Crippen molar-refractivity contribution in [2.45, 2.75) is 74.1 Å². The fourth-order valence-electron chi connectivity index (χ4n) is 7.43. The molecule has 2 spiro atoms. The summed E-state index contributed by atoms with van der Waals surface area (Å²) >= 11 is 12.3. The lowest BCUT2D eigenvalue weighted by molar-refractivity contribution is -0.131. The van der Waals surface area contributed by atoms with Crippen LogP contribution in [0.5, 0.6) is 0 Å². The molecule has 1 saturated heterocycles. The highest BCUT2D eigenvalue weighted by molar-refractivity contribution is 6.31. The second-order valence-corrected chi connectivity index (χ2v) is 12.7. The van der Waals surface area contributed by atoms with Crippen molar-refractivity contribution in [2.75, 3.05) is 25.3 Å². The van der Waals surface area contributed by atoms with Crippen LogP contribution >= 0.6 is 23.2 Å². The number of pyridine rings is 1. The molecular formula is C29H33Cl2F3N4O4. The molecule has 0 bridgehead atoms. The van der Waals surface area contributed by atoms with E-state index in [0.29, 0.717) is 35.5 Å². The first-order valence-electron chi connectivity index (χ1n) is 13.9. The maximum Gasteiger partial charge on any atom is 0.238 e. The maximum absolute atomic E-state index is 15.8. The minimum Gasteiger partial charge on any atom is -0.394 e. The average Bonchev–Trinajstić information content (AvgIpc) is 3.40. The summed E-state index contributed by atoms with van der Waals surface area (Å²) in [6, 6.07) is 4.10. The topological polar surface area (TPSA) is 124 Å². The zero-order valence-corrected chi connectivity index (χ0v) is 24.4. The minimum atomic E-state index is -1.69. The lowest BCUT2D eigenvalue weighted by atomic mass is 9.46. The second-order valence-electron chi connectivity index (χ2n) is 11.9. The van der Waals surface area contributed by atoms with Gasteiger partial charge in [0.15, 0.2) is 11.0 Å². The Labute approximate surface area is 251 Å². The lowest BCUT2D eigenvalue weighted by Crippen LogP contribution is -2.70. The Bertz CT molecular complexity index is 1370. The van der Waals surface area contributed by atoms with E-state index in [0.717, 1.165) is 0 Å². The summed E-state index contributed by atoms with van der Waals surface area (Å²) in [5.41, 5.74) is -3.71. The molecule has 42 heavy (non-hydrogen) atoms. The van der Waals surface area contributed by atoms with Gasteiger partial charge >= 0.3 is 0 Å². The molecule has 0 radical (unpaired) electrons. The number of rotatable bonds is 10. The first-order valence-corrected chi connectivity index (χ1v) is 14.6. The van der Waals surface area contributed by atoms with E-state index in [9.17, 15) is 28.6 Å². The number of carbonyl (C=O) groups excluding carboxylic acids is 2. The largest absolute Gasteiger partial charge is 0.394 e. The van der Waals surface area contributed by atoms with Gasteiger partial charge in [0.25, 0.3) is 0 Å². The van der Waals surface area contributed by atoms with Gasteiger partial charge in [-0.1, -0.05) is 29.3 Å². The Kier molecular flexibility index (Phi) is 8.54. The minimum absolute atomic E-state index is 0.0647. The fourth-order valence-corrected chi connectivity index (χ4v) is 7.77. The van der Waals surface area contributed by atoms with E-state index in [1.165, 1.54) is 18.3 Å². The van der Waals surface area contributed by atoms with Crippen LogP contribution in [-0.2, 0) is 15.0 Å². The van der Waals surface area contributed by atoms with Crippen LogP contribution in [0.1, 0.15) is 56.1 Å². The number of amides is 2. The van der Waals surface area contributed by atoms with Crippen molar-refractivity contribution in [2.24, 2.45) is 5.41 Å². The predicted molar refractivity (Wildman–Crippen MR) is 152 cm³/mol. The third-order valence-electron chi connectivity index (χ3n) is 9.16. The van der Waals surface area contributed by atoms with Crippen LogP contribution in [0.15, 0.2) is 30.5 Å². The van der Waals surface area contributed by atoms with E-state index in [1.807, 2.05) is 0 Å². The van der Waals surface area contributed by atoms with Crippen molar-refractivity contribution >= 4 is 40.7 Å². The maximum atomic E-state index is 15.8. The van der Waals surface area contributed by atoms with Gasteiger partial charge in [0.1, 0.15) is 5.41 Å². The third kappa shape index (κ3) is 4.77. The molecule has 1 saturated carbocycles. The standard InChI is InChI=1S/C29H33Cl2F3N4O4/c1-15(40)3-2-4-17(10-39)36-25(41)23-21(18-7-8-35-24(31)22(18)34)29(28(38-23)11-27(12-28,13-32)14-33)19-6-5-16(30)9-20(19)37-26(29)42/h5-9,15,17,21,23,38-40H,2-4,10-14H2,1H3,(H,36,41)(H,37,42)/t15-,17-,21+,23-,29-/m1/s1. The van der Waals surface area contributed by atoms with Crippen molar-refractivity contribution in [3.05, 3.63) is 57.6 Å². The van der Waals surface area contributed by atoms with E-state index in [4.69, 9.17) is 23.2 Å². The highest BCUT2D eigenvalue weighted by Crippen LogP contribution is 2.68. The van der Waals surface area contributed by atoms with Gasteiger partial charge in [0.2, 0.25) is 11.8 Å². The molecule has 1 aromatic heterocycles. The normalized spacial score (nSPS) is 26.5. The Morgan fingerprint density at radius 2 is 1.93 bits per heavy atom. The molecule has 1 aliphatic carbocycles. The van der Waals surface area contributed by atoms with Crippen molar-refractivity contribution < 1.29 is 33.0 Å². The average molecular weight is 630 g/mol. The number of aliphatic hydroxyl groups is 2. The van der Waals surface area contributed by atoms with Crippen LogP contribution in [0.25, 0.3) is 0 Å². The third-order valence-corrected chi connectivity index (χ3v) is 9.65. The number of hydrogen-bond donors (Lipinski definition) is 5. The number of carbonyl (C=O) groups is 2. The van der Waals surface area contributed by atoms with Gasteiger partial charge in [-0.15, -0.1) is 0 Å². The first-order chi connectivity index (χ1) is 20.0. The number of nitrogens with zero attached hydrogens (tertiary/aromatic N) is 1. The molecule has 3 heterocycles. The molecule has 5 atom stereocenters. The number of hydrogen-bond acceptors (Lipinski definition) is 6. The number of nitrogens with one attached hydrogen (secondary N) is 3. The molecule has 8 nitrogen and oxygen atoms in total. The summed E-state index contributed by atoms with van der Waals surface area (Å²) in [6.07, 6.45) is 1.76. The van der Waals surface area contributed by atoms with Crippen LogP contribution in [0, 0.1) is 11.2 Å². The van der Waals surface area contributed by atoms with E-state index < -0.39 is 83.2 Å². The molecule has 2 aromatic rings. The summed E-state index contributed by atoms with van der Waals surface area (Å²) in [6.45, 7) is -0.725. The molecule has 228 valence electrons. The lowest BCUT2D eigenvalue weighted by Gasteiger charge is -2.59. The molecule has 0 unspecified atom stereocenters. The van der Waals surface area contributed by atoms with E-state index in [1.54, 1.807) is 19.1 Å². The first kappa shape index (κ1) is 31.0. The molecule has 2 aliphatic heterocycles.